The summed E-state index contributed by atoms with van der Waals surface area (Å²) >= 11 is 6.01. The van der Waals surface area contributed by atoms with Gasteiger partial charge < -0.3 is 10.1 Å². The van der Waals surface area contributed by atoms with E-state index in [0.717, 1.165) is 37.4 Å². The Morgan fingerprint density at radius 2 is 2.11 bits per heavy atom. The maximum absolute atomic E-state index is 6.01. The number of nitrogens with one attached hydrogen (secondary N) is 1. The van der Waals surface area contributed by atoms with Crippen LogP contribution in [0.5, 0.6) is 0 Å². The van der Waals surface area contributed by atoms with Gasteiger partial charge in [0, 0.05) is 17.7 Å². The van der Waals surface area contributed by atoms with Crippen molar-refractivity contribution in [2.75, 3.05) is 13.2 Å². The van der Waals surface area contributed by atoms with Crippen LogP contribution in [-0.4, -0.2) is 25.3 Å². The summed E-state index contributed by atoms with van der Waals surface area (Å²) in [6.07, 6.45) is 3.63. The molecule has 0 heterocycles. The zero-order chi connectivity index (χ0) is 13.0. The maximum atomic E-state index is 6.01. The highest BCUT2D eigenvalue weighted by molar-refractivity contribution is 6.30. The van der Waals surface area contributed by atoms with Gasteiger partial charge in [-0.15, -0.1) is 0 Å². The summed E-state index contributed by atoms with van der Waals surface area (Å²) < 4.78 is 5.53. The Hall–Kier alpha value is -0.570. The molecule has 1 aliphatic rings. The lowest BCUT2D eigenvalue weighted by atomic mass is 10.1. The van der Waals surface area contributed by atoms with Crippen LogP contribution in [0.25, 0.3) is 0 Å². The van der Waals surface area contributed by atoms with Gasteiger partial charge in [-0.3, -0.25) is 0 Å². The molecule has 0 bridgehead atoms. The van der Waals surface area contributed by atoms with Crippen LogP contribution in [-0.2, 0) is 17.6 Å². The number of halogens is 1. The lowest BCUT2D eigenvalue weighted by molar-refractivity contribution is 0.0767. The third-order valence-corrected chi connectivity index (χ3v) is 3.54. The van der Waals surface area contributed by atoms with Gasteiger partial charge in [-0.05, 0) is 62.9 Å². The van der Waals surface area contributed by atoms with Gasteiger partial charge >= 0.3 is 0 Å². The topological polar surface area (TPSA) is 21.3 Å². The van der Waals surface area contributed by atoms with Gasteiger partial charge in [-0.2, -0.15) is 0 Å². The van der Waals surface area contributed by atoms with E-state index >= 15 is 0 Å². The van der Waals surface area contributed by atoms with Crippen LogP contribution < -0.4 is 5.32 Å². The fourth-order valence-electron chi connectivity index (χ4n) is 2.43. The molecular weight excluding hydrogens is 246 g/mol. The molecule has 100 valence electrons. The van der Waals surface area contributed by atoms with Crippen molar-refractivity contribution in [3.63, 3.8) is 0 Å². The number of ether oxygens (including phenoxy) is 1. The summed E-state index contributed by atoms with van der Waals surface area (Å²) in [6.45, 7) is 6.02. The molecule has 0 aliphatic heterocycles. The molecule has 1 aromatic rings. The first-order chi connectivity index (χ1) is 8.65. The molecule has 2 rings (SSSR count). The van der Waals surface area contributed by atoms with Gasteiger partial charge in [-0.25, -0.2) is 0 Å². The number of fused-ring (bicyclic) bond motifs is 1. The molecule has 1 aliphatic carbocycles. The molecule has 0 saturated carbocycles. The van der Waals surface area contributed by atoms with Gasteiger partial charge in [0.15, 0.2) is 0 Å². The van der Waals surface area contributed by atoms with Crippen LogP contribution in [0.15, 0.2) is 18.2 Å². The monoisotopic (exact) mass is 267 g/mol. The Kier molecular flexibility index (Phi) is 5.04. The highest BCUT2D eigenvalue weighted by Crippen LogP contribution is 2.25. The molecule has 0 radical (unpaired) electrons. The number of benzene rings is 1. The Morgan fingerprint density at radius 1 is 1.33 bits per heavy atom. The van der Waals surface area contributed by atoms with Crippen molar-refractivity contribution in [2.24, 2.45) is 0 Å². The zero-order valence-corrected chi connectivity index (χ0v) is 12.0. The van der Waals surface area contributed by atoms with Crippen molar-refractivity contribution in [3.05, 3.63) is 34.3 Å². The third kappa shape index (κ3) is 3.98. The highest BCUT2D eigenvalue weighted by Gasteiger charge is 2.20. The molecule has 0 spiro atoms. The van der Waals surface area contributed by atoms with Crippen LogP contribution in [0.1, 0.15) is 31.4 Å². The Balaban J connectivity index is 1.68. The first-order valence-electron chi connectivity index (χ1n) is 6.77. The van der Waals surface area contributed by atoms with Crippen LogP contribution >= 0.6 is 11.6 Å². The molecule has 0 fully saturated rings. The van der Waals surface area contributed by atoms with E-state index in [1.807, 2.05) is 6.07 Å². The minimum Gasteiger partial charge on any atom is -0.379 e. The number of hydrogen-bond donors (Lipinski definition) is 1. The summed E-state index contributed by atoms with van der Waals surface area (Å²) in [5.74, 6) is 0. The summed E-state index contributed by atoms with van der Waals surface area (Å²) in [4.78, 5) is 0. The zero-order valence-electron chi connectivity index (χ0n) is 11.2. The van der Waals surface area contributed by atoms with Crippen molar-refractivity contribution in [1.29, 1.82) is 0 Å². The Morgan fingerprint density at radius 3 is 2.89 bits per heavy atom. The van der Waals surface area contributed by atoms with Crippen LogP contribution in [0, 0.1) is 0 Å². The molecule has 1 N–H and O–H groups in total. The molecule has 0 aromatic heterocycles. The van der Waals surface area contributed by atoms with Crippen LogP contribution in [0.4, 0.5) is 0 Å². The Bertz CT molecular complexity index is 392. The highest BCUT2D eigenvalue weighted by atomic mass is 35.5. The van der Waals surface area contributed by atoms with E-state index < -0.39 is 0 Å². The van der Waals surface area contributed by atoms with Crippen LogP contribution in [0.2, 0.25) is 5.02 Å². The minimum atomic E-state index is 0.336. The smallest absolute Gasteiger partial charge is 0.0518 e. The van der Waals surface area contributed by atoms with Crippen molar-refractivity contribution in [1.82, 2.24) is 5.32 Å². The van der Waals surface area contributed by atoms with Gasteiger partial charge in [0.2, 0.25) is 0 Å². The second-order valence-corrected chi connectivity index (χ2v) is 5.68. The van der Waals surface area contributed by atoms with Crippen molar-refractivity contribution in [2.45, 2.75) is 45.3 Å². The summed E-state index contributed by atoms with van der Waals surface area (Å²) in [7, 11) is 0. The van der Waals surface area contributed by atoms with Gasteiger partial charge in [-0.1, -0.05) is 17.7 Å². The van der Waals surface area contributed by atoms with Crippen molar-refractivity contribution >= 4 is 11.6 Å². The van der Waals surface area contributed by atoms with E-state index in [2.05, 4.69) is 31.3 Å². The maximum Gasteiger partial charge on any atom is 0.0518 e. The molecule has 0 amide bonds. The first kappa shape index (κ1) is 13.9. The van der Waals surface area contributed by atoms with E-state index in [9.17, 15) is 0 Å². The van der Waals surface area contributed by atoms with E-state index in [-0.39, 0.29) is 0 Å². The number of rotatable bonds is 6. The predicted molar refractivity (Wildman–Crippen MR) is 76.4 cm³/mol. The average Bonchev–Trinajstić information content (AvgIpc) is 2.70. The van der Waals surface area contributed by atoms with Gasteiger partial charge in [0.1, 0.15) is 0 Å². The van der Waals surface area contributed by atoms with E-state index in [4.69, 9.17) is 16.3 Å². The van der Waals surface area contributed by atoms with Gasteiger partial charge in [0.25, 0.3) is 0 Å². The average molecular weight is 268 g/mol. The van der Waals surface area contributed by atoms with Crippen molar-refractivity contribution < 1.29 is 4.74 Å². The predicted octanol–water partition coefficient (Wildman–Crippen LogP) is 3.21. The molecule has 1 unspecified atom stereocenters. The quantitative estimate of drug-likeness (QED) is 0.799. The fraction of sp³-hybridized carbons (Fsp3) is 0.600. The molecule has 2 nitrogen and oxygen atoms in total. The molecule has 1 aromatic carbocycles. The first-order valence-corrected chi connectivity index (χ1v) is 7.15. The van der Waals surface area contributed by atoms with E-state index in [1.165, 1.54) is 11.1 Å². The summed E-state index contributed by atoms with van der Waals surface area (Å²) in [5, 5.41) is 4.45. The Labute approximate surface area is 115 Å². The summed E-state index contributed by atoms with van der Waals surface area (Å²) in [6, 6.07) is 6.80. The second kappa shape index (κ2) is 6.55. The normalized spacial score (nSPS) is 18.3. The summed E-state index contributed by atoms with van der Waals surface area (Å²) in [5.41, 5.74) is 2.84. The van der Waals surface area contributed by atoms with Crippen molar-refractivity contribution in [3.8, 4) is 0 Å². The molecule has 1 atom stereocenters. The SMILES string of the molecule is CC(C)OCCCNC1Cc2ccc(Cl)cc2C1. The van der Waals surface area contributed by atoms with E-state index in [0.29, 0.717) is 12.1 Å². The lowest BCUT2D eigenvalue weighted by Gasteiger charge is -2.12. The largest absolute Gasteiger partial charge is 0.379 e. The van der Waals surface area contributed by atoms with E-state index in [1.54, 1.807) is 0 Å². The standard InChI is InChI=1S/C15H22ClNO/c1-11(2)18-7-3-6-17-15-9-12-4-5-14(16)8-13(12)10-15/h4-5,8,11,15,17H,3,6-7,9-10H2,1-2H3. The third-order valence-electron chi connectivity index (χ3n) is 3.31. The molecular formula is C15H22ClNO. The molecule has 3 heteroatoms. The second-order valence-electron chi connectivity index (χ2n) is 5.25. The molecule has 18 heavy (non-hydrogen) atoms. The van der Waals surface area contributed by atoms with Gasteiger partial charge in [0.05, 0.1) is 6.10 Å². The van der Waals surface area contributed by atoms with Crippen LogP contribution in [0.3, 0.4) is 0 Å². The lowest BCUT2D eigenvalue weighted by Crippen LogP contribution is -2.31. The number of hydrogen-bond acceptors (Lipinski definition) is 2. The fourth-order valence-corrected chi connectivity index (χ4v) is 2.62. The molecule has 0 saturated heterocycles. The minimum absolute atomic E-state index is 0.336.